The number of hydrogen-bond donors (Lipinski definition) is 1. The van der Waals surface area contributed by atoms with Crippen LogP contribution >= 0.6 is 0 Å². The number of anilines is 1. The number of amides is 1. The lowest BCUT2D eigenvalue weighted by atomic mass is 10.1. The van der Waals surface area contributed by atoms with Crippen LogP contribution < -0.4 is 14.8 Å². The van der Waals surface area contributed by atoms with Gasteiger partial charge in [0.1, 0.15) is 11.5 Å². The third-order valence-electron chi connectivity index (χ3n) is 5.96. The van der Waals surface area contributed by atoms with Crippen LogP contribution in [0.1, 0.15) is 28.9 Å². The number of carbonyl (C=O) groups excluding carboxylic acids is 1. The van der Waals surface area contributed by atoms with Crippen molar-refractivity contribution in [3.05, 3.63) is 71.0 Å². The zero-order chi connectivity index (χ0) is 26.0. The molecule has 1 amide bonds. The molecule has 0 aliphatic heterocycles. The summed E-state index contributed by atoms with van der Waals surface area (Å²) in [7, 11) is 3.14. The van der Waals surface area contributed by atoms with Gasteiger partial charge in [0.25, 0.3) is 0 Å². The molecule has 0 spiro atoms. The number of para-hydroxylation sites is 1. The van der Waals surface area contributed by atoms with Crippen molar-refractivity contribution < 1.29 is 27.4 Å². The average Bonchev–Trinajstić information content (AvgIpc) is 3.27. The number of hydrogen-bond acceptors (Lipinski definition) is 5. The predicted molar refractivity (Wildman–Crippen MR) is 129 cm³/mol. The lowest BCUT2D eigenvalue weighted by Crippen LogP contribution is -2.17. The monoisotopic (exact) mass is 498 g/mol. The van der Waals surface area contributed by atoms with Crippen LogP contribution in [0, 0.1) is 13.8 Å². The summed E-state index contributed by atoms with van der Waals surface area (Å²) in [4.78, 5) is 17.2. The molecular weight excluding hydrogens is 473 g/mol. The smallest absolute Gasteiger partial charge is 0.418 e. The van der Waals surface area contributed by atoms with E-state index in [2.05, 4.69) is 15.4 Å². The minimum absolute atomic E-state index is 0.0124. The van der Waals surface area contributed by atoms with Gasteiger partial charge in [-0.05, 0) is 50.1 Å². The lowest BCUT2D eigenvalue weighted by Gasteiger charge is -2.14. The van der Waals surface area contributed by atoms with Crippen LogP contribution in [0.2, 0.25) is 0 Å². The van der Waals surface area contributed by atoms with Gasteiger partial charge in [-0.2, -0.15) is 18.3 Å². The number of aromatic nitrogens is 3. The molecule has 1 N–H and O–H groups in total. The minimum atomic E-state index is -4.56. The molecule has 0 aliphatic rings. The van der Waals surface area contributed by atoms with Gasteiger partial charge in [0.15, 0.2) is 5.65 Å². The quantitative estimate of drug-likeness (QED) is 0.358. The van der Waals surface area contributed by atoms with Crippen molar-refractivity contribution in [3.63, 3.8) is 0 Å². The average molecular weight is 499 g/mol. The maximum Gasteiger partial charge on any atom is 0.418 e. The molecule has 0 fully saturated rings. The summed E-state index contributed by atoms with van der Waals surface area (Å²) in [5.41, 5.74) is 3.22. The molecule has 0 atom stereocenters. The van der Waals surface area contributed by atoms with Crippen LogP contribution in [0.3, 0.4) is 0 Å². The van der Waals surface area contributed by atoms with Crippen LogP contribution in [0.25, 0.3) is 16.9 Å². The van der Waals surface area contributed by atoms with E-state index in [1.165, 1.54) is 18.2 Å². The van der Waals surface area contributed by atoms with Crippen LogP contribution in [0.5, 0.6) is 11.5 Å². The minimum Gasteiger partial charge on any atom is -0.497 e. The van der Waals surface area contributed by atoms with Crippen LogP contribution in [-0.4, -0.2) is 34.7 Å². The molecule has 4 rings (SSSR count). The summed E-state index contributed by atoms with van der Waals surface area (Å²) in [5.74, 6) is 0.737. The Morgan fingerprint density at radius 3 is 2.50 bits per heavy atom. The first kappa shape index (κ1) is 25.0. The van der Waals surface area contributed by atoms with E-state index in [0.717, 1.165) is 28.6 Å². The molecule has 0 aliphatic carbocycles. The van der Waals surface area contributed by atoms with Crippen molar-refractivity contribution in [1.82, 2.24) is 14.6 Å². The Hall–Kier alpha value is -4.08. The number of nitrogens with zero attached hydrogens (tertiary/aromatic N) is 3. The fraction of sp³-hybridized carbons (Fsp3) is 0.269. The SMILES string of the molecule is COc1ccc(-c2cc3nc(C)c(CCC(=O)Nc4ccccc4C(F)(F)F)c(C)n3n2)c(OC)c1. The lowest BCUT2D eigenvalue weighted by molar-refractivity contribution is -0.137. The number of ether oxygens (including phenoxy) is 2. The molecule has 7 nitrogen and oxygen atoms in total. The van der Waals surface area contributed by atoms with Crippen LogP contribution in [0.4, 0.5) is 18.9 Å². The first-order valence-corrected chi connectivity index (χ1v) is 11.2. The number of rotatable bonds is 7. The highest BCUT2D eigenvalue weighted by molar-refractivity contribution is 5.91. The molecule has 2 aromatic carbocycles. The van der Waals surface area contributed by atoms with E-state index in [0.29, 0.717) is 29.3 Å². The van der Waals surface area contributed by atoms with Crippen molar-refractivity contribution >= 4 is 17.2 Å². The number of alkyl halides is 3. The van der Waals surface area contributed by atoms with Gasteiger partial charge < -0.3 is 14.8 Å². The molecule has 0 radical (unpaired) electrons. The molecule has 0 unspecified atom stereocenters. The Kier molecular flexibility index (Phi) is 6.87. The molecule has 0 saturated carbocycles. The van der Waals surface area contributed by atoms with Gasteiger partial charge in [-0.1, -0.05) is 12.1 Å². The molecule has 188 valence electrons. The number of carbonyl (C=O) groups is 1. The highest BCUT2D eigenvalue weighted by Gasteiger charge is 2.33. The van der Waals surface area contributed by atoms with E-state index in [1.54, 1.807) is 24.8 Å². The number of benzene rings is 2. The van der Waals surface area contributed by atoms with Gasteiger partial charge in [0.05, 0.1) is 31.2 Å². The maximum absolute atomic E-state index is 13.2. The predicted octanol–water partition coefficient (Wildman–Crippen LogP) is 5.62. The van der Waals surface area contributed by atoms with Crippen molar-refractivity contribution in [2.75, 3.05) is 19.5 Å². The zero-order valence-electron chi connectivity index (χ0n) is 20.2. The zero-order valence-corrected chi connectivity index (χ0v) is 20.2. The molecule has 10 heteroatoms. The summed E-state index contributed by atoms with van der Waals surface area (Å²) < 4.78 is 52.1. The first-order chi connectivity index (χ1) is 17.1. The third-order valence-corrected chi connectivity index (χ3v) is 5.96. The van der Waals surface area contributed by atoms with Gasteiger partial charge in [0, 0.05) is 35.5 Å². The Balaban J connectivity index is 1.58. The van der Waals surface area contributed by atoms with E-state index < -0.39 is 17.6 Å². The van der Waals surface area contributed by atoms with Crippen molar-refractivity contribution in [1.29, 1.82) is 0 Å². The number of nitrogens with one attached hydrogen (secondary N) is 1. The van der Waals surface area contributed by atoms with Crippen molar-refractivity contribution in [2.45, 2.75) is 32.9 Å². The second kappa shape index (κ2) is 9.88. The molecule has 0 saturated heterocycles. The van der Waals surface area contributed by atoms with Crippen molar-refractivity contribution in [3.8, 4) is 22.8 Å². The Labute approximate surface area is 205 Å². The Morgan fingerprint density at radius 1 is 1.06 bits per heavy atom. The molecule has 2 heterocycles. The summed E-state index contributed by atoms with van der Waals surface area (Å²) in [6.07, 6.45) is -4.28. The summed E-state index contributed by atoms with van der Waals surface area (Å²) >= 11 is 0. The van der Waals surface area contributed by atoms with Crippen molar-refractivity contribution in [2.24, 2.45) is 0 Å². The first-order valence-electron chi connectivity index (χ1n) is 11.2. The fourth-order valence-corrected chi connectivity index (χ4v) is 4.12. The highest BCUT2D eigenvalue weighted by Crippen LogP contribution is 2.35. The standard InChI is InChI=1S/C26H25F3N4O3/c1-15-18(11-12-25(34)31-21-8-6-5-7-20(21)26(27,28)29)16(2)33-24(30-15)14-22(32-33)19-10-9-17(35-3)13-23(19)36-4/h5-10,13-14H,11-12H2,1-4H3,(H,31,34). The van der Waals surface area contributed by atoms with E-state index in [9.17, 15) is 18.0 Å². The van der Waals surface area contributed by atoms with E-state index in [-0.39, 0.29) is 12.1 Å². The molecular formula is C26H25F3N4O3. The molecule has 4 aromatic rings. The second-order valence-electron chi connectivity index (χ2n) is 8.22. The van der Waals surface area contributed by atoms with Gasteiger partial charge in [-0.25, -0.2) is 9.50 Å². The maximum atomic E-state index is 13.2. The van der Waals surface area contributed by atoms with Gasteiger partial charge in [0.2, 0.25) is 5.91 Å². The largest absolute Gasteiger partial charge is 0.497 e. The summed E-state index contributed by atoms with van der Waals surface area (Å²) in [5, 5.41) is 7.07. The number of aryl methyl sites for hydroxylation is 2. The highest BCUT2D eigenvalue weighted by atomic mass is 19.4. The summed E-state index contributed by atoms with van der Waals surface area (Å²) in [6, 6.07) is 12.2. The summed E-state index contributed by atoms with van der Waals surface area (Å²) in [6.45, 7) is 3.70. The number of fused-ring (bicyclic) bond motifs is 1. The van der Waals surface area contributed by atoms with Gasteiger partial charge >= 0.3 is 6.18 Å². The fourth-order valence-electron chi connectivity index (χ4n) is 4.12. The number of halogens is 3. The van der Waals surface area contributed by atoms with Gasteiger partial charge in [-0.3, -0.25) is 4.79 Å². The van der Waals surface area contributed by atoms with Crippen LogP contribution in [0.15, 0.2) is 48.5 Å². The third kappa shape index (κ3) is 4.98. The van der Waals surface area contributed by atoms with E-state index in [4.69, 9.17) is 9.47 Å². The van der Waals surface area contributed by atoms with E-state index >= 15 is 0 Å². The molecule has 36 heavy (non-hydrogen) atoms. The second-order valence-corrected chi connectivity index (χ2v) is 8.22. The number of methoxy groups -OCH3 is 2. The van der Waals surface area contributed by atoms with E-state index in [1.807, 2.05) is 32.0 Å². The molecule has 0 bridgehead atoms. The molecule has 2 aromatic heterocycles. The van der Waals surface area contributed by atoms with Crippen LogP contribution in [-0.2, 0) is 17.4 Å². The topological polar surface area (TPSA) is 77.8 Å². The van der Waals surface area contributed by atoms with Gasteiger partial charge in [-0.15, -0.1) is 0 Å². The Bertz CT molecular complexity index is 1430. The normalized spacial score (nSPS) is 11.5. The Morgan fingerprint density at radius 2 is 1.81 bits per heavy atom.